The summed E-state index contributed by atoms with van der Waals surface area (Å²) in [5.74, 6) is 1.45. The van der Waals surface area contributed by atoms with Crippen LogP contribution in [0.25, 0.3) is 0 Å². The monoisotopic (exact) mass is 380 g/mol. The van der Waals surface area contributed by atoms with Crippen molar-refractivity contribution in [2.75, 3.05) is 12.4 Å². The molecule has 2 N–H and O–H groups in total. The third-order valence-corrected chi connectivity index (χ3v) is 3.91. The van der Waals surface area contributed by atoms with Crippen LogP contribution in [0.15, 0.2) is 42.5 Å². The average molecular weight is 380 g/mol. The molecule has 3 rings (SSSR count). The summed E-state index contributed by atoms with van der Waals surface area (Å²) in [6.07, 6.45) is 0. The lowest BCUT2D eigenvalue weighted by molar-refractivity contribution is -0.117. The lowest BCUT2D eigenvalue weighted by Gasteiger charge is -2.09. The molecule has 0 fully saturated rings. The standard InChI is InChI=1S/C15H13IN2O2/c1-17-14-12-7-6-11(8-13(12)18-15(14)19)20-10-4-2-9(16)3-5-10/h2-8,14,17H,1H3,(H,18,19). The van der Waals surface area contributed by atoms with Crippen LogP contribution in [-0.4, -0.2) is 13.0 Å². The molecular formula is C15H13IN2O2. The van der Waals surface area contributed by atoms with Gasteiger partial charge in [0.1, 0.15) is 17.5 Å². The van der Waals surface area contributed by atoms with Gasteiger partial charge in [0.15, 0.2) is 0 Å². The number of rotatable bonds is 3. The third-order valence-electron chi connectivity index (χ3n) is 3.19. The Bertz CT molecular complexity index is 655. The minimum absolute atomic E-state index is 0.0334. The summed E-state index contributed by atoms with van der Waals surface area (Å²) in [7, 11) is 1.77. The highest BCUT2D eigenvalue weighted by Gasteiger charge is 2.29. The number of ether oxygens (including phenoxy) is 1. The predicted octanol–water partition coefficient (Wildman–Crippen LogP) is 3.30. The summed E-state index contributed by atoms with van der Waals surface area (Å²) in [5, 5.41) is 5.84. The minimum Gasteiger partial charge on any atom is -0.457 e. The molecule has 2 aromatic carbocycles. The van der Waals surface area contributed by atoms with Gasteiger partial charge in [0.25, 0.3) is 0 Å². The van der Waals surface area contributed by atoms with E-state index in [2.05, 4.69) is 33.2 Å². The smallest absolute Gasteiger partial charge is 0.246 e. The molecular weight excluding hydrogens is 367 g/mol. The first-order valence-corrected chi connectivity index (χ1v) is 7.31. The molecule has 0 bridgehead atoms. The normalized spacial score (nSPS) is 16.7. The van der Waals surface area contributed by atoms with Gasteiger partial charge in [0.05, 0.1) is 0 Å². The number of halogens is 1. The molecule has 102 valence electrons. The lowest BCUT2D eigenvalue weighted by Crippen LogP contribution is -2.23. The fraction of sp³-hybridized carbons (Fsp3) is 0.133. The molecule has 20 heavy (non-hydrogen) atoms. The Kier molecular flexibility index (Phi) is 3.62. The number of hydrogen-bond acceptors (Lipinski definition) is 3. The van der Waals surface area contributed by atoms with Gasteiger partial charge in [0.2, 0.25) is 5.91 Å². The molecule has 0 aromatic heterocycles. The van der Waals surface area contributed by atoms with Gasteiger partial charge in [-0.2, -0.15) is 0 Å². The largest absolute Gasteiger partial charge is 0.457 e. The maximum absolute atomic E-state index is 11.8. The Morgan fingerprint density at radius 2 is 1.85 bits per heavy atom. The third kappa shape index (κ3) is 2.51. The van der Waals surface area contributed by atoms with Crippen LogP contribution in [0.5, 0.6) is 11.5 Å². The quantitative estimate of drug-likeness (QED) is 0.804. The van der Waals surface area contributed by atoms with Crippen LogP contribution in [-0.2, 0) is 4.79 Å². The van der Waals surface area contributed by atoms with Crippen molar-refractivity contribution in [1.29, 1.82) is 0 Å². The number of carbonyl (C=O) groups excluding carboxylic acids is 1. The number of anilines is 1. The zero-order chi connectivity index (χ0) is 14.1. The topological polar surface area (TPSA) is 50.4 Å². The Labute approximate surface area is 130 Å². The molecule has 1 amide bonds. The van der Waals surface area contributed by atoms with E-state index in [9.17, 15) is 4.79 Å². The molecule has 1 unspecified atom stereocenters. The molecule has 5 heteroatoms. The van der Waals surface area contributed by atoms with E-state index >= 15 is 0 Å². The molecule has 4 nitrogen and oxygen atoms in total. The Morgan fingerprint density at radius 3 is 2.55 bits per heavy atom. The van der Waals surface area contributed by atoms with E-state index in [0.29, 0.717) is 5.75 Å². The van der Waals surface area contributed by atoms with Crippen molar-refractivity contribution in [2.45, 2.75) is 6.04 Å². The van der Waals surface area contributed by atoms with E-state index in [1.165, 1.54) is 0 Å². The zero-order valence-corrected chi connectivity index (χ0v) is 13.0. The fourth-order valence-electron chi connectivity index (χ4n) is 2.23. The summed E-state index contributed by atoms with van der Waals surface area (Å²) < 4.78 is 6.95. The van der Waals surface area contributed by atoms with Crippen molar-refractivity contribution >= 4 is 34.2 Å². The molecule has 2 aromatic rings. The number of fused-ring (bicyclic) bond motifs is 1. The van der Waals surface area contributed by atoms with Crippen molar-refractivity contribution in [2.24, 2.45) is 0 Å². The zero-order valence-electron chi connectivity index (χ0n) is 10.8. The highest BCUT2D eigenvalue weighted by atomic mass is 127. The lowest BCUT2D eigenvalue weighted by atomic mass is 10.1. The number of amides is 1. The molecule has 0 aliphatic carbocycles. The van der Waals surface area contributed by atoms with E-state index in [4.69, 9.17) is 4.74 Å². The first-order valence-electron chi connectivity index (χ1n) is 6.23. The van der Waals surface area contributed by atoms with Crippen LogP contribution in [0.3, 0.4) is 0 Å². The Morgan fingerprint density at radius 1 is 1.15 bits per heavy atom. The summed E-state index contributed by atoms with van der Waals surface area (Å²) in [4.78, 5) is 11.8. The van der Waals surface area contributed by atoms with Gasteiger partial charge >= 0.3 is 0 Å². The molecule has 1 aliphatic rings. The maximum atomic E-state index is 11.8. The molecule has 0 spiro atoms. The number of carbonyl (C=O) groups is 1. The van der Waals surface area contributed by atoms with E-state index in [0.717, 1.165) is 20.6 Å². The van der Waals surface area contributed by atoms with E-state index in [1.54, 1.807) is 7.05 Å². The van der Waals surface area contributed by atoms with Crippen LogP contribution in [0.1, 0.15) is 11.6 Å². The fourth-order valence-corrected chi connectivity index (χ4v) is 2.59. The van der Waals surface area contributed by atoms with Crippen molar-refractivity contribution in [1.82, 2.24) is 5.32 Å². The van der Waals surface area contributed by atoms with Gasteiger partial charge in [-0.1, -0.05) is 6.07 Å². The summed E-state index contributed by atoms with van der Waals surface area (Å²) >= 11 is 2.25. The summed E-state index contributed by atoms with van der Waals surface area (Å²) in [6, 6.07) is 13.2. The van der Waals surface area contributed by atoms with Gasteiger partial charge in [-0.3, -0.25) is 4.79 Å². The minimum atomic E-state index is -0.280. The maximum Gasteiger partial charge on any atom is 0.246 e. The second-order valence-electron chi connectivity index (χ2n) is 4.52. The van der Waals surface area contributed by atoms with Crippen LogP contribution in [0.2, 0.25) is 0 Å². The van der Waals surface area contributed by atoms with Crippen molar-refractivity contribution in [3.05, 3.63) is 51.6 Å². The molecule has 1 heterocycles. The van der Waals surface area contributed by atoms with Crippen molar-refractivity contribution in [3.8, 4) is 11.5 Å². The summed E-state index contributed by atoms with van der Waals surface area (Å²) in [5.41, 5.74) is 1.75. The van der Waals surface area contributed by atoms with Gasteiger partial charge in [-0.05, 0) is 60.0 Å². The van der Waals surface area contributed by atoms with Crippen LogP contribution in [0, 0.1) is 3.57 Å². The highest BCUT2D eigenvalue weighted by Crippen LogP contribution is 2.34. The number of benzene rings is 2. The number of nitrogens with one attached hydrogen (secondary N) is 2. The first-order chi connectivity index (χ1) is 9.67. The first kappa shape index (κ1) is 13.4. The number of likely N-dealkylation sites (N-methyl/N-ethyl adjacent to an activating group) is 1. The van der Waals surface area contributed by atoms with E-state index < -0.39 is 0 Å². The van der Waals surface area contributed by atoms with E-state index in [-0.39, 0.29) is 11.9 Å². The molecule has 1 atom stereocenters. The van der Waals surface area contributed by atoms with Gasteiger partial charge in [0, 0.05) is 20.9 Å². The SMILES string of the molecule is CNC1C(=O)Nc2cc(Oc3ccc(I)cc3)ccc21. The van der Waals surface area contributed by atoms with Crippen molar-refractivity contribution < 1.29 is 9.53 Å². The van der Waals surface area contributed by atoms with Gasteiger partial charge < -0.3 is 15.4 Å². The van der Waals surface area contributed by atoms with Crippen molar-refractivity contribution in [3.63, 3.8) is 0 Å². The van der Waals surface area contributed by atoms with Gasteiger partial charge in [-0.25, -0.2) is 0 Å². The molecule has 0 saturated heterocycles. The molecule has 0 radical (unpaired) electrons. The molecule has 0 saturated carbocycles. The number of hydrogen-bond donors (Lipinski definition) is 2. The summed E-state index contributed by atoms with van der Waals surface area (Å²) in [6.45, 7) is 0. The van der Waals surface area contributed by atoms with Crippen LogP contribution in [0.4, 0.5) is 5.69 Å². The van der Waals surface area contributed by atoms with Crippen LogP contribution >= 0.6 is 22.6 Å². The molecule has 1 aliphatic heterocycles. The predicted molar refractivity (Wildman–Crippen MR) is 86.1 cm³/mol. The Hall–Kier alpha value is -1.60. The van der Waals surface area contributed by atoms with E-state index in [1.807, 2.05) is 42.5 Å². The van der Waals surface area contributed by atoms with Crippen LogP contribution < -0.4 is 15.4 Å². The highest BCUT2D eigenvalue weighted by molar-refractivity contribution is 14.1. The Balaban J connectivity index is 1.85. The second-order valence-corrected chi connectivity index (χ2v) is 5.76. The van der Waals surface area contributed by atoms with Gasteiger partial charge in [-0.15, -0.1) is 0 Å². The second kappa shape index (κ2) is 5.41. The average Bonchev–Trinajstić information content (AvgIpc) is 2.76.